The lowest BCUT2D eigenvalue weighted by Crippen LogP contribution is -2.34. The molecule has 0 N–H and O–H groups in total. The molecule has 0 radical (unpaired) electrons. The van der Waals surface area contributed by atoms with Crippen LogP contribution in [0.3, 0.4) is 0 Å². The summed E-state index contributed by atoms with van der Waals surface area (Å²) in [5.74, 6) is -2.49. The van der Waals surface area contributed by atoms with Crippen LogP contribution in [0.15, 0.2) is 30.3 Å². The van der Waals surface area contributed by atoms with Crippen molar-refractivity contribution in [3.05, 3.63) is 50.9 Å². The number of anilines is 1. The zero-order valence-electron chi connectivity index (χ0n) is 10.4. The second-order valence-electron chi connectivity index (χ2n) is 4.41. The van der Waals surface area contributed by atoms with Gasteiger partial charge in [0.25, 0.3) is 11.7 Å². The van der Waals surface area contributed by atoms with Crippen molar-refractivity contribution in [1.82, 2.24) is 0 Å². The highest BCUT2D eigenvalue weighted by Gasteiger charge is 2.37. The third kappa shape index (κ3) is 2.36. The van der Waals surface area contributed by atoms with Crippen molar-refractivity contribution in [2.45, 2.75) is 0 Å². The van der Waals surface area contributed by atoms with Crippen LogP contribution in [-0.2, 0) is 4.79 Å². The van der Waals surface area contributed by atoms with Crippen LogP contribution >= 0.6 is 22.9 Å². The average Bonchev–Trinajstić information content (AvgIpc) is 2.97. The van der Waals surface area contributed by atoms with E-state index in [0.29, 0.717) is 9.21 Å². The van der Waals surface area contributed by atoms with Gasteiger partial charge in [-0.05, 0) is 30.3 Å². The standard InChI is InChI=1S/C14H7ClFNO3S/c15-12-4-3-11(21-12)10(18)6-17-9-5-7(16)1-2-8(9)13(19)14(17)20/h1-5H,6H2. The lowest BCUT2D eigenvalue weighted by atomic mass is 10.1. The van der Waals surface area contributed by atoms with E-state index in [9.17, 15) is 18.8 Å². The number of Topliss-reactive ketones (excluding diaryl/α,β-unsaturated/α-hetero) is 2. The summed E-state index contributed by atoms with van der Waals surface area (Å²) in [7, 11) is 0. The largest absolute Gasteiger partial charge is 0.299 e. The van der Waals surface area contributed by atoms with Gasteiger partial charge < -0.3 is 0 Å². The summed E-state index contributed by atoms with van der Waals surface area (Å²) < 4.78 is 13.8. The third-order valence-electron chi connectivity index (χ3n) is 3.08. The van der Waals surface area contributed by atoms with Gasteiger partial charge in [-0.15, -0.1) is 11.3 Å². The van der Waals surface area contributed by atoms with E-state index < -0.39 is 17.5 Å². The summed E-state index contributed by atoms with van der Waals surface area (Å²) in [5, 5.41) is 0. The van der Waals surface area contributed by atoms with E-state index in [0.717, 1.165) is 28.4 Å². The van der Waals surface area contributed by atoms with Gasteiger partial charge in [0.15, 0.2) is 5.78 Å². The van der Waals surface area contributed by atoms with Crippen LogP contribution < -0.4 is 4.90 Å². The average molecular weight is 324 g/mol. The molecule has 4 nitrogen and oxygen atoms in total. The lowest BCUT2D eigenvalue weighted by molar-refractivity contribution is -0.114. The van der Waals surface area contributed by atoms with E-state index >= 15 is 0 Å². The molecule has 0 saturated heterocycles. The van der Waals surface area contributed by atoms with Crippen LogP contribution in [0.1, 0.15) is 20.0 Å². The molecule has 106 valence electrons. The Kier molecular flexibility index (Phi) is 3.35. The second kappa shape index (κ2) is 5.05. The zero-order valence-corrected chi connectivity index (χ0v) is 12.0. The molecule has 0 fully saturated rings. The molecule has 1 amide bonds. The normalized spacial score (nSPS) is 13.7. The molecule has 2 aromatic rings. The molecule has 1 aromatic heterocycles. The predicted octanol–water partition coefficient (Wildman–Crippen LogP) is 2.95. The van der Waals surface area contributed by atoms with Crippen molar-refractivity contribution in [1.29, 1.82) is 0 Å². The van der Waals surface area contributed by atoms with Crippen LogP contribution in [0.5, 0.6) is 0 Å². The number of fused-ring (bicyclic) bond motifs is 1. The monoisotopic (exact) mass is 323 g/mol. The van der Waals surface area contributed by atoms with Crippen LogP contribution in [0.25, 0.3) is 0 Å². The lowest BCUT2D eigenvalue weighted by Gasteiger charge is -2.14. The SMILES string of the molecule is O=C(CN1C(=O)C(=O)c2ccc(F)cc21)c1ccc(Cl)s1. The summed E-state index contributed by atoms with van der Waals surface area (Å²) in [6.45, 7) is -0.322. The van der Waals surface area contributed by atoms with Gasteiger partial charge in [0, 0.05) is 0 Å². The van der Waals surface area contributed by atoms with E-state index in [4.69, 9.17) is 11.6 Å². The van der Waals surface area contributed by atoms with E-state index in [1.54, 1.807) is 12.1 Å². The molecule has 0 bridgehead atoms. The molecule has 0 unspecified atom stereocenters. The summed E-state index contributed by atoms with van der Waals surface area (Å²) in [5.41, 5.74) is 0.236. The van der Waals surface area contributed by atoms with E-state index in [-0.39, 0.29) is 23.6 Å². The fourth-order valence-electron chi connectivity index (χ4n) is 2.11. The maximum atomic E-state index is 13.3. The number of amides is 1. The minimum Gasteiger partial charge on any atom is -0.297 e. The Morgan fingerprint density at radius 2 is 2.00 bits per heavy atom. The van der Waals surface area contributed by atoms with E-state index in [1.807, 2.05) is 0 Å². The number of carbonyl (C=O) groups is 3. The van der Waals surface area contributed by atoms with Crippen LogP contribution in [0.4, 0.5) is 10.1 Å². The van der Waals surface area contributed by atoms with Crippen LogP contribution in [-0.4, -0.2) is 24.0 Å². The minimum absolute atomic E-state index is 0.110. The first-order valence-electron chi connectivity index (χ1n) is 5.91. The predicted molar refractivity (Wildman–Crippen MR) is 76.7 cm³/mol. The number of hydrogen-bond donors (Lipinski definition) is 0. The number of ketones is 2. The molecule has 7 heteroatoms. The Morgan fingerprint density at radius 3 is 2.67 bits per heavy atom. The molecular weight excluding hydrogens is 317 g/mol. The Bertz CT molecular complexity index is 786. The second-order valence-corrected chi connectivity index (χ2v) is 6.12. The smallest absolute Gasteiger partial charge is 0.297 e. The third-order valence-corrected chi connectivity index (χ3v) is 4.36. The molecule has 21 heavy (non-hydrogen) atoms. The van der Waals surface area contributed by atoms with Gasteiger partial charge in [-0.3, -0.25) is 19.3 Å². The Morgan fingerprint density at radius 1 is 1.24 bits per heavy atom. The van der Waals surface area contributed by atoms with Crippen LogP contribution in [0.2, 0.25) is 4.34 Å². The molecule has 0 spiro atoms. The fraction of sp³-hybridized carbons (Fsp3) is 0.0714. The van der Waals surface area contributed by atoms with Gasteiger partial charge in [0.2, 0.25) is 0 Å². The fourth-order valence-corrected chi connectivity index (χ4v) is 3.08. The van der Waals surface area contributed by atoms with E-state index in [1.165, 1.54) is 6.07 Å². The van der Waals surface area contributed by atoms with Crippen molar-refractivity contribution in [3.63, 3.8) is 0 Å². The maximum Gasteiger partial charge on any atom is 0.299 e. The molecule has 0 saturated carbocycles. The first kappa shape index (κ1) is 13.9. The van der Waals surface area contributed by atoms with Gasteiger partial charge in [0.1, 0.15) is 5.82 Å². The van der Waals surface area contributed by atoms with Crippen molar-refractivity contribution >= 4 is 46.1 Å². The quantitative estimate of drug-likeness (QED) is 0.644. The van der Waals surface area contributed by atoms with Gasteiger partial charge >= 0.3 is 0 Å². The number of halogens is 2. The highest BCUT2D eigenvalue weighted by Crippen LogP contribution is 2.30. The molecule has 1 aliphatic rings. The van der Waals surface area contributed by atoms with Gasteiger partial charge in [0.05, 0.1) is 27.0 Å². The highest BCUT2D eigenvalue weighted by molar-refractivity contribution is 7.18. The topological polar surface area (TPSA) is 54.5 Å². The van der Waals surface area contributed by atoms with Crippen molar-refractivity contribution in [3.8, 4) is 0 Å². The minimum atomic E-state index is -0.827. The summed E-state index contributed by atoms with van der Waals surface area (Å²) >= 11 is 6.84. The van der Waals surface area contributed by atoms with Gasteiger partial charge in [-0.2, -0.15) is 0 Å². The first-order chi connectivity index (χ1) is 9.97. The van der Waals surface area contributed by atoms with Gasteiger partial charge in [-0.1, -0.05) is 11.6 Å². The number of carbonyl (C=O) groups excluding carboxylic acids is 3. The Balaban J connectivity index is 1.93. The highest BCUT2D eigenvalue weighted by atomic mass is 35.5. The Labute approximate surface area is 127 Å². The molecule has 0 aliphatic carbocycles. The molecule has 1 aliphatic heterocycles. The molecule has 1 aromatic carbocycles. The number of benzene rings is 1. The molecule has 2 heterocycles. The van der Waals surface area contributed by atoms with Crippen molar-refractivity contribution < 1.29 is 18.8 Å². The van der Waals surface area contributed by atoms with Crippen molar-refractivity contribution in [2.24, 2.45) is 0 Å². The molecule has 0 atom stereocenters. The number of rotatable bonds is 3. The molecular formula is C14H7ClFNO3S. The number of thiophene rings is 1. The van der Waals surface area contributed by atoms with Gasteiger partial charge in [-0.25, -0.2) is 4.39 Å². The first-order valence-corrected chi connectivity index (χ1v) is 7.11. The maximum absolute atomic E-state index is 13.3. The van der Waals surface area contributed by atoms with Crippen LogP contribution in [0, 0.1) is 5.82 Å². The van der Waals surface area contributed by atoms with E-state index in [2.05, 4.69) is 0 Å². The summed E-state index contributed by atoms with van der Waals surface area (Å²) in [4.78, 5) is 37.2. The Hall–Kier alpha value is -2.05. The van der Waals surface area contributed by atoms with Crippen molar-refractivity contribution in [2.75, 3.05) is 11.4 Å². The summed E-state index contributed by atoms with van der Waals surface area (Å²) in [6, 6.07) is 6.55. The zero-order chi connectivity index (χ0) is 15.1. The number of nitrogens with zero attached hydrogens (tertiary/aromatic N) is 1. The number of hydrogen-bond acceptors (Lipinski definition) is 4. The molecule has 3 rings (SSSR count). The summed E-state index contributed by atoms with van der Waals surface area (Å²) in [6.07, 6.45) is 0.